The Morgan fingerprint density at radius 1 is 1.10 bits per heavy atom. The van der Waals surface area contributed by atoms with E-state index < -0.39 is 12.0 Å². The molecular weight excluding hydrogens is 382 g/mol. The molecule has 2 aromatic carbocycles. The maximum atomic E-state index is 12.5. The minimum Gasteiger partial charge on any atom is -0.468 e. The minimum atomic E-state index is -0.569. The lowest BCUT2D eigenvalue weighted by Gasteiger charge is -2.35. The standard InChI is InChI=1S/C23H27N3O4/c1-25(16-22(28)30-2)21(27)14-20-23(29)24-12-13-26(20)15-17-8-10-19(11-9-17)18-6-4-3-5-7-18/h3-11,20H,12-16H2,1-2H3,(H,24,29)/t20-/m0/s1. The summed E-state index contributed by atoms with van der Waals surface area (Å²) in [7, 11) is 2.81. The van der Waals surface area contributed by atoms with Crippen molar-refractivity contribution in [3.63, 3.8) is 0 Å². The van der Waals surface area contributed by atoms with Crippen molar-refractivity contribution < 1.29 is 19.1 Å². The maximum Gasteiger partial charge on any atom is 0.325 e. The monoisotopic (exact) mass is 409 g/mol. The van der Waals surface area contributed by atoms with Crippen LogP contribution in [0.5, 0.6) is 0 Å². The van der Waals surface area contributed by atoms with E-state index in [0.717, 1.165) is 16.7 Å². The molecule has 0 aliphatic carbocycles. The van der Waals surface area contributed by atoms with Crippen LogP contribution in [0.15, 0.2) is 54.6 Å². The summed E-state index contributed by atoms with van der Waals surface area (Å²) < 4.78 is 4.60. The fraction of sp³-hybridized carbons (Fsp3) is 0.348. The molecule has 1 fully saturated rings. The van der Waals surface area contributed by atoms with Crippen molar-refractivity contribution in [2.75, 3.05) is 33.8 Å². The molecule has 2 amide bonds. The zero-order chi connectivity index (χ0) is 21.5. The van der Waals surface area contributed by atoms with Crippen LogP contribution in [0, 0.1) is 0 Å². The van der Waals surface area contributed by atoms with Crippen molar-refractivity contribution in [3.05, 3.63) is 60.2 Å². The highest BCUT2D eigenvalue weighted by Crippen LogP contribution is 2.21. The van der Waals surface area contributed by atoms with Gasteiger partial charge in [-0.3, -0.25) is 19.3 Å². The van der Waals surface area contributed by atoms with Gasteiger partial charge in [0.2, 0.25) is 11.8 Å². The molecule has 0 bridgehead atoms. The number of likely N-dealkylation sites (N-methyl/N-ethyl adjacent to an activating group) is 1. The normalized spacial score (nSPS) is 16.6. The Kier molecular flexibility index (Phi) is 7.19. The van der Waals surface area contributed by atoms with Crippen LogP contribution < -0.4 is 5.32 Å². The highest BCUT2D eigenvalue weighted by atomic mass is 16.5. The van der Waals surface area contributed by atoms with Gasteiger partial charge < -0.3 is 15.0 Å². The maximum absolute atomic E-state index is 12.5. The Balaban J connectivity index is 1.66. The number of carbonyl (C=O) groups is 3. The average Bonchev–Trinajstić information content (AvgIpc) is 2.77. The van der Waals surface area contributed by atoms with Gasteiger partial charge in [0.1, 0.15) is 6.54 Å². The fourth-order valence-electron chi connectivity index (χ4n) is 3.51. The second kappa shape index (κ2) is 10.0. The Hall–Kier alpha value is -3.19. The van der Waals surface area contributed by atoms with E-state index in [0.29, 0.717) is 19.6 Å². The molecule has 0 radical (unpaired) electrons. The summed E-state index contributed by atoms with van der Waals surface area (Å²) in [6.45, 7) is 1.64. The number of rotatable bonds is 7. The number of nitrogens with zero attached hydrogens (tertiary/aromatic N) is 2. The predicted molar refractivity (Wildman–Crippen MR) is 113 cm³/mol. The van der Waals surface area contributed by atoms with Gasteiger partial charge in [-0.05, 0) is 16.7 Å². The summed E-state index contributed by atoms with van der Waals surface area (Å²) in [5.41, 5.74) is 3.36. The summed E-state index contributed by atoms with van der Waals surface area (Å²) in [5.74, 6) is -0.928. The molecule has 1 aliphatic rings. The minimum absolute atomic E-state index is 0.0153. The number of ether oxygens (including phenoxy) is 1. The average molecular weight is 409 g/mol. The molecule has 1 saturated heterocycles. The van der Waals surface area contributed by atoms with Crippen LogP contribution in [0.1, 0.15) is 12.0 Å². The van der Waals surface area contributed by atoms with Crippen LogP contribution in [0.25, 0.3) is 11.1 Å². The molecule has 2 aromatic rings. The number of methoxy groups -OCH3 is 1. The number of esters is 1. The van der Waals surface area contributed by atoms with E-state index in [-0.39, 0.29) is 24.8 Å². The summed E-state index contributed by atoms with van der Waals surface area (Å²) >= 11 is 0. The van der Waals surface area contributed by atoms with Crippen LogP contribution in [0.4, 0.5) is 0 Å². The van der Waals surface area contributed by atoms with E-state index >= 15 is 0 Å². The number of hydrogen-bond donors (Lipinski definition) is 1. The summed E-state index contributed by atoms with van der Waals surface area (Å²) in [5, 5.41) is 2.83. The van der Waals surface area contributed by atoms with Crippen molar-refractivity contribution in [2.45, 2.75) is 19.0 Å². The van der Waals surface area contributed by atoms with Gasteiger partial charge in [0.05, 0.1) is 19.6 Å². The molecule has 1 heterocycles. The van der Waals surface area contributed by atoms with E-state index in [1.54, 1.807) is 0 Å². The van der Waals surface area contributed by atoms with Gasteiger partial charge in [-0.1, -0.05) is 54.6 Å². The van der Waals surface area contributed by atoms with Crippen molar-refractivity contribution in [3.8, 4) is 11.1 Å². The van der Waals surface area contributed by atoms with Crippen LogP contribution in [-0.2, 0) is 25.7 Å². The van der Waals surface area contributed by atoms with E-state index in [2.05, 4.69) is 46.5 Å². The summed E-state index contributed by atoms with van der Waals surface area (Å²) in [6, 6.07) is 17.8. The predicted octanol–water partition coefficient (Wildman–Crippen LogP) is 1.68. The van der Waals surface area contributed by atoms with Crippen LogP contribution in [0.3, 0.4) is 0 Å². The molecule has 0 saturated carbocycles. The third kappa shape index (κ3) is 5.45. The van der Waals surface area contributed by atoms with Gasteiger partial charge in [-0.2, -0.15) is 0 Å². The Morgan fingerprint density at radius 2 is 1.77 bits per heavy atom. The number of piperazine rings is 1. The van der Waals surface area contributed by atoms with E-state index in [9.17, 15) is 14.4 Å². The third-order valence-electron chi connectivity index (χ3n) is 5.28. The Bertz CT molecular complexity index is 883. The molecule has 7 heteroatoms. The lowest BCUT2D eigenvalue weighted by Crippen LogP contribution is -2.56. The molecule has 7 nitrogen and oxygen atoms in total. The number of amides is 2. The SMILES string of the molecule is COC(=O)CN(C)C(=O)C[C@H]1C(=O)NCCN1Cc1ccc(-c2ccccc2)cc1. The number of nitrogens with one attached hydrogen (secondary N) is 1. The third-order valence-corrected chi connectivity index (χ3v) is 5.28. The van der Waals surface area contributed by atoms with E-state index in [1.165, 1.54) is 19.1 Å². The zero-order valence-electron chi connectivity index (χ0n) is 17.3. The number of hydrogen-bond acceptors (Lipinski definition) is 5. The fourth-order valence-corrected chi connectivity index (χ4v) is 3.51. The molecule has 0 unspecified atom stereocenters. The van der Waals surface area contributed by atoms with E-state index in [1.807, 2.05) is 23.1 Å². The molecule has 0 spiro atoms. The van der Waals surface area contributed by atoms with Crippen molar-refractivity contribution in [2.24, 2.45) is 0 Å². The van der Waals surface area contributed by atoms with Crippen LogP contribution in [-0.4, -0.2) is 67.4 Å². The molecular formula is C23H27N3O4. The number of benzene rings is 2. The van der Waals surface area contributed by atoms with Gasteiger partial charge in [-0.25, -0.2) is 0 Å². The molecule has 1 aliphatic heterocycles. The molecule has 30 heavy (non-hydrogen) atoms. The van der Waals surface area contributed by atoms with E-state index in [4.69, 9.17) is 0 Å². The van der Waals surface area contributed by atoms with Crippen molar-refractivity contribution in [1.29, 1.82) is 0 Å². The first-order chi connectivity index (χ1) is 14.5. The first-order valence-corrected chi connectivity index (χ1v) is 9.95. The topological polar surface area (TPSA) is 78.9 Å². The first-order valence-electron chi connectivity index (χ1n) is 9.95. The Labute approximate surface area is 176 Å². The molecule has 3 rings (SSSR count). The summed E-state index contributed by atoms with van der Waals surface area (Å²) in [4.78, 5) is 39.7. The highest BCUT2D eigenvalue weighted by Gasteiger charge is 2.32. The van der Waals surface area contributed by atoms with Gasteiger partial charge >= 0.3 is 5.97 Å². The lowest BCUT2D eigenvalue weighted by atomic mass is 10.0. The molecule has 158 valence electrons. The largest absolute Gasteiger partial charge is 0.468 e. The second-order valence-corrected chi connectivity index (χ2v) is 7.37. The van der Waals surface area contributed by atoms with Crippen LogP contribution in [0.2, 0.25) is 0 Å². The first kappa shape index (κ1) is 21.5. The van der Waals surface area contributed by atoms with Gasteiger partial charge in [0, 0.05) is 26.7 Å². The molecule has 1 N–H and O–H groups in total. The zero-order valence-corrected chi connectivity index (χ0v) is 17.3. The molecule has 0 aromatic heterocycles. The van der Waals surface area contributed by atoms with Crippen LogP contribution >= 0.6 is 0 Å². The van der Waals surface area contributed by atoms with Gasteiger partial charge in [0.15, 0.2) is 0 Å². The molecule has 1 atom stereocenters. The summed E-state index contributed by atoms with van der Waals surface area (Å²) in [6.07, 6.45) is 0.0153. The second-order valence-electron chi connectivity index (χ2n) is 7.37. The number of carbonyl (C=O) groups excluding carboxylic acids is 3. The van der Waals surface area contributed by atoms with Gasteiger partial charge in [-0.15, -0.1) is 0 Å². The van der Waals surface area contributed by atoms with Gasteiger partial charge in [0.25, 0.3) is 0 Å². The highest BCUT2D eigenvalue weighted by molar-refractivity contribution is 5.90. The quantitative estimate of drug-likeness (QED) is 0.704. The smallest absolute Gasteiger partial charge is 0.325 e. The van der Waals surface area contributed by atoms with Crippen molar-refractivity contribution in [1.82, 2.24) is 15.1 Å². The van der Waals surface area contributed by atoms with Crippen molar-refractivity contribution >= 4 is 17.8 Å². The Morgan fingerprint density at radius 3 is 2.43 bits per heavy atom. The lowest BCUT2D eigenvalue weighted by molar-refractivity contribution is -0.147.